The molecule has 126 valence electrons. The standard InChI is InChI=1S/C17H22FN3S.ClH/c18-13-8-7-12-5-4-6-15-16(14(12)11-13)21-17(22-15)20-10-3-1-2-9-19;/h7-8,11H,1-6,9-10,19H2,(H,20,21);1H. The summed E-state index contributed by atoms with van der Waals surface area (Å²) in [6, 6.07) is 5.08. The van der Waals surface area contributed by atoms with Gasteiger partial charge >= 0.3 is 0 Å². The molecule has 0 fully saturated rings. The Kier molecular flexibility index (Phi) is 6.81. The molecule has 3 N–H and O–H groups in total. The Labute approximate surface area is 146 Å². The monoisotopic (exact) mass is 355 g/mol. The van der Waals surface area contributed by atoms with Crippen LogP contribution in [0.3, 0.4) is 0 Å². The van der Waals surface area contributed by atoms with Crippen LogP contribution in [0.15, 0.2) is 18.2 Å². The number of unbranched alkanes of at least 4 members (excludes halogenated alkanes) is 2. The number of hydrogen-bond donors (Lipinski definition) is 2. The van der Waals surface area contributed by atoms with E-state index in [-0.39, 0.29) is 18.2 Å². The lowest BCUT2D eigenvalue weighted by molar-refractivity contribution is 0.627. The maximum Gasteiger partial charge on any atom is 0.183 e. The Bertz CT molecular complexity index is 645. The van der Waals surface area contributed by atoms with Crippen LogP contribution in [0.4, 0.5) is 9.52 Å². The highest BCUT2D eigenvalue weighted by Gasteiger charge is 2.19. The summed E-state index contributed by atoms with van der Waals surface area (Å²) in [7, 11) is 0. The number of anilines is 1. The molecule has 1 aliphatic rings. The zero-order chi connectivity index (χ0) is 15.4. The van der Waals surface area contributed by atoms with Gasteiger partial charge in [-0.3, -0.25) is 0 Å². The minimum atomic E-state index is -0.184. The molecule has 0 saturated carbocycles. The van der Waals surface area contributed by atoms with Crippen LogP contribution in [0.25, 0.3) is 11.3 Å². The van der Waals surface area contributed by atoms with Crippen molar-refractivity contribution in [3.8, 4) is 11.3 Å². The molecular formula is C17H23ClFN3S. The third kappa shape index (κ3) is 4.43. The number of nitrogens with zero attached hydrogens (tertiary/aromatic N) is 1. The van der Waals surface area contributed by atoms with E-state index >= 15 is 0 Å². The third-order valence-corrected chi connectivity index (χ3v) is 5.10. The number of nitrogens with two attached hydrogens (primary N) is 1. The van der Waals surface area contributed by atoms with Gasteiger partial charge in [-0.05, 0) is 56.3 Å². The van der Waals surface area contributed by atoms with Gasteiger partial charge in [-0.15, -0.1) is 23.7 Å². The Balaban J connectivity index is 0.00000192. The number of thiazole rings is 1. The average molecular weight is 356 g/mol. The lowest BCUT2D eigenvalue weighted by Crippen LogP contribution is -2.03. The molecule has 2 aromatic rings. The number of rotatable bonds is 6. The van der Waals surface area contributed by atoms with E-state index in [4.69, 9.17) is 10.7 Å². The average Bonchev–Trinajstić information content (AvgIpc) is 2.84. The number of fused-ring (bicyclic) bond motifs is 3. The first-order chi connectivity index (χ1) is 10.8. The molecule has 0 aliphatic heterocycles. The fourth-order valence-electron chi connectivity index (χ4n) is 2.88. The maximum atomic E-state index is 13.6. The van der Waals surface area contributed by atoms with Crippen LogP contribution in [0, 0.1) is 5.82 Å². The second-order valence-electron chi connectivity index (χ2n) is 5.72. The number of nitrogens with one attached hydrogen (secondary N) is 1. The highest BCUT2D eigenvalue weighted by Crippen LogP contribution is 2.37. The van der Waals surface area contributed by atoms with Gasteiger partial charge < -0.3 is 11.1 Å². The molecule has 1 heterocycles. The molecule has 0 bridgehead atoms. The minimum absolute atomic E-state index is 0. The van der Waals surface area contributed by atoms with E-state index in [9.17, 15) is 4.39 Å². The van der Waals surface area contributed by atoms with Gasteiger partial charge in [0.05, 0.1) is 5.69 Å². The Hall–Kier alpha value is -1.17. The molecule has 1 aromatic carbocycles. The van der Waals surface area contributed by atoms with Gasteiger partial charge in [0, 0.05) is 17.0 Å². The van der Waals surface area contributed by atoms with Crippen LogP contribution in [-0.4, -0.2) is 18.1 Å². The molecule has 0 atom stereocenters. The van der Waals surface area contributed by atoms with Crippen molar-refractivity contribution in [2.24, 2.45) is 5.73 Å². The predicted molar refractivity (Wildman–Crippen MR) is 98.2 cm³/mol. The van der Waals surface area contributed by atoms with Crippen molar-refractivity contribution in [1.29, 1.82) is 0 Å². The van der Waals surface area contributed by atoms with E-state index < -0.39 is 0 Å². The third-order valence-electron chi connectivity index (χ3n) is 4.03. The lowest BCUT2D eigenvalue weighted by atomic mass is 10.0. The van der Waals surface area contributed by atoms with Crippen LogP contribution in [0.1, 0.15) is 36.1 Å². The van der Waals surface area contributed by atoms with Gasteiger partial charge in [-0.25, -0.2) is 9.37 Å². The summed E-state index contributed by atoms with van der Waals surface area (Å²) in [6.45, 7) is 1.68. The number of halogens is 2. The summed E-state index contributed by atoms with van der Waals surface area (Å²) >= 11 is 1.71. The fourth-order valence-corrected chi connectivity index (χ4v) is 3.92. The fraction of sp³-hybridized carbons (Fsp3) is 0.471. The molecule has 0 amide bonds. The van der Waals surface area contributed by atoms with Crippen LogP contribution in [0.5, 0.6) is 0 Å². The highest BCUT2D eigenvalue weighted by molar-refractivity contribution is 7.16. The summed E-state index contributed by atoms with van der Waals surface area (Å²) in [5.41, 5.74) is 8.65. The largest absolute Gasteiger partial charge is 0.361 e. The van der Waals surface area contributed by atoms with Crippen molar-refractivity contribution in [2.75, 3.05) is 18.4 Å². The Morgan fingerprint density at radius 2 is 2.09 bits per heavy atom. The molecule has 1 aliphatic carbocycles. The maximum absolute atomic E-state index is 13.6. The molecule has 0 radical (unpaired) electrons. The quantitative estimate of drug-likeness (QED) is 0.755. The van der Waals surface area contributed by atoms with Gasteiger partial charge in [-0.1, -0.05) is 12.5 Å². The normalized spacial score (nSPS) is 12.8. The van der Waals surface area contributed by atoms with Crippen LogP contribution in [0.2, 0.25) is 0 Å². The van der Waals surface area contributed by atoms with Gasteiger partial charge in [0.2, 0.25) is 0 Å². The zero-order valence-electron chi connectivity index (χ0n) is 13.1. The highest BCUT2D eigenvalue weighted by atomic mass is 35.5. The molecule has 0 saturated heterocycles. The first-order valence-electron chi connectivity index (χ1n) is 8.00. The van der Waals surface area contributed by atoms with Crippen molar-refractivity contribution >= 4 is 28.9 Å². The first-order valence-corrected chi connectivity index (χ1v) is 8.82. The summed E-state index contributed by atoms with van der Waals surface area (Å²) in [4.78, 5) is 6.00. The molecular weight excluding hydrogens is 333 g/mol. The Morgan fingerprint density at radius 3 is 2.91 bits per heavy atom. The summed E-state index contributed by atoms with van der Waals surface area (Å²) < 4.78 is 13.6. The van der Waals surface area contributed by atoms with Crippen LogP contribution < -0.4 is 11.1 Å². The molecule has 0 unspecified atom stereocenters. The van der Waals surface area contributed by atoms with Crippen molar-refractivity contribution < 1.29 is 4.39 Å². The Morgan fingerprint density at radius 1 is 1.22 bits per heavy atom. The lowest BCUT2D eigenvalue weighted by Gasteiger charge is -2.05. The molecule has 3 rings (SSSR count). The van der Waals surface area contributed by atoms with Gasteiger partial charge in [0.1, 0.15) is 5.82 Å². The molecule has 23 heavy (non-hydrogen) atoms. The summed E-state index contributed by atoms with van der Waals surface area (Å²) in [5.74, 6) is -0.184. The topological polar surface area (TPSA) is 50.9 Å². The number of benzene rings is 1. The first kappa shape index (κ1) is 18.2. The van der Waals surface area contributed by atoms with E-state index in [0.717, 1.165) is 68.0 Å². The smallest absolute Gasteiger partial charge is 0.183 e. The van der Waals surface area contributed by atoms with E-state index in [2.05, 4.69) is 5.32 Å². The second-order valence-corrected chi connectivity index (χ2v) is 6.81. The van der Waals surface area contributed by atoms with Crippen LogP contribution in [-0.2, 0) is 12.8 Å². The molecule has 0 spiro atoms. The van der Waals surface area contributed by atoms with Gasteiger partial charge in [0.25, 0.3) is 0 Å². The summed E-state index contributed by atoms with van der Waals surface area (Å²) in [5, 5.41) is 4.35. The van der Waals surface area contributed by atoms with Crippen molar-refractivity contribution in [2.45, 2.75) is 38.5 Å². The van der Waals surface area contributed by atoms with E-state index in [0.29, 0.717) is 0 Å². The van der Waals surface area contributed by atoms with E-state index in [1.807, 2.05) is 6.07 Å². The van der Waals surface area contributed by atoms with Gasteiger partial charge in [-0.2, -0.15) is 0 Å². The SMILES string of the molecule is Cl.NCCCCCNc1nc2c(s1)CCCc1ccc(F)cc1-2. The molecule has 3 nitrogen and oxygen atoms in total. The van der Waals surface area contributed by atoms with Crippen molar-refractivity contribution in [3.05, 3.63) is 34.5 Å². The van der Waals surface area contributed by atoms with Crippen molar-refractivity contribution in [3.63, 3.8) is 0 Å². The summed E-state index contributed by atoms with van der Waals surface area (Å²) in [6.07, 6.45) is 6.44. The molecule has 6 heteroatoms. The van der Waals surface area contributed by atoms with Crippen molar-refractivity contribution in [1.82, 2.24) is 4.98 Å². The van der Waals surface area contributed by atoms with E-state index in [1.165, 1.54) is 10.4 Å². The van der Waals surface area contributed by atoms with Gasteiger partial charge in [0.15, 0.2) is 5.13 Å². The molecule has 1 aromatic heterocycles. The van der Waals surface area contributed by atoms with Crippen LogP contribution >= 0.6 is 23.7 Å². The minimum Gasteiger partial charge on any atom is -0.361 e. The number of hydrogen-bond acceptors (Lipinski definition) is 4. The number of aryl methyl sites for hydroxylation is 2. The zero-order valence-corrected chi connectivity index (χ0v) is 14.7. The van der Waals surface area contributed by atoms with E-state index in [1.54, 1.807) is 23.5 Å². The second kappa shape index (κ2) is 8.62. The predicted octanol–water partition coefficient (Wildman–Crippen LogP) is 4.40. The number of aromatic nitrogens is 1.